The summed E-state index contributed by atoms with van der Waals surface area (Å²) in [6, 6.07) is 2.20. The van der Waals surface area contributed by atoms with E-state index in [2.05, 4.69) is 39.1 Å². The smallest absolute Gasteiger partial charge is 0.0621 e. The highest BCUT2D eigenvalue weighted by atomic mass is 14.9. The Bertz CT molecular complexity index is 165. The van der Waals surface area contributed by atoms with Crippen molar-refractivity contribution in [1.82, 2.24) is 5.32 Å². The second kappa shape index (κ2) is 5.99. The predicted molar refractivity (Wildman–Crippen MR) is 56.3 cm³/mol. The first kappa shape index (κ1) is 12.4. The highest BCUT2D eigenvalue weighted by Gasteiger charge is 2.16. The van der Waals surface area contributed by atoms with Gasteiger partial charge in [0.2, 0.25) is 0 Å². The van der Waals surface area contributed by atoms with Crippen LogP contribution in [0, 0.1) is 22.7 Å². The SMILES string of the molecule is CC(C)CNCC(C)(C)CCC#N. The Balaban J connectivity index is 3.57. The Morgan fingerprint density at radius 3 is 2.46 bits per heavy atom. The van der Waals surface area contributed by atoms with Crippen molar-refractivity contribution in [3.63, 3.8) is 0 Å². The van der Waals surface area contributed by atoms with Crippen LogP contribution >= 0.6 is 0 Å². The first-order chi connectivity index (χ1) is 5.98. The molecule has 2 nitrogen and oxygen atoms in total. The zero-order valence-electron chi connectivity index (χ0n) is 9.35. The van der Waals surface area contributed by atoms with Gasteiger partial charge in [0.05, 0.1) is 6.07 Å². The van der Waals surface area contributed by atoms with Gasteiger partial charge >= 0.3 is 0 Å². The zero-order chi connectivity index (χ0) is 10.3. The standard InChI is InChI=1S/C11H22N2/c1-10(2)8-13-9-11(3,4)6-5-7-12/h10,13H,5-6,8-9H2,1-4H3. The third-order valence-corrected chi connectivity index (χ3v) is 2.07. The monoisotopic (exact) mass is 182 g/mol. The van der Waals surface area contributed by atoms with Crippen LogP contribution in [-0.2, 0) is 0 Å². The molecule has 13 heavy (non-hydrogen) atoms. The van der Waals surface area contributed by atoms with Gasteiger partial charge in [-0.25, -0.2) is 0 Å². The van der Waals surface area contributed by atoms with Crippen LogP contribution in [0.15, 0.2) is 0 Å². The van der Waals surface area contributed by atoms with Gasteiger partial charge in [-0.05, 0) is 24.3 Å². The molecule has 0 saturated heterocycles. The molecule has 0 aliphatic carbocycles. The highest BCUT2D eigenvalue weighted by molar-refractivity contribution is 4.78. The van der Waals surface area contributed by atoms with E-state index in [-0.39, 0.29) is 5.41 Å². The average molecular weight is 182 g/mol. The maximum Gasteiger partial charge on any atom is 0.0621 e. The quantitative estimate of drug-likeness (QED) is 0.685. The van der Waals surface area contributed by atoms with E-state index in [9.17, 15) is 0 Å². The van der Waals surface area contributed by atoms with Crippen molar-refractivity contribution in [1.29, 1.82) is 5.26 Å². The summed E-state index contributed by atoms with van der Waals surface area (Å²) in [7, 11) is 0. The van der Waals surface area contributed by atoms with Crippen LogP contribution in [0.25, 0.3) is 0 Å². The van der Waals surface area contributed by atoms with Crippen LogP contribution in [-0.4, -0.2) is 13.1 Å². The first-order valence-corrected chi connectivity index (χ1v) is 5.05. The van der Waals surface area contributed by atoms with E-state index in [1.165, 1.54) is 0 Å². The molecular weight excluding hydrogens is 160 g/mol. The summed E-state index contributed by atoms with van der Waals surface area (Å²) in [5, 5.41) is 11.9. The van der Waals surface area contributed by atoms with E-state index in [4.69, 9.17) is 5.26 Å². The molecule has 0 bridgehead atoms. The molecule has 0 aromatic rings. The molecule has 0 atom stereocenters. The number of nitrogens with one attached hydrogen (secondary N) is 1. The lowest BCUT2D eigenvalue weighted by Gasteiger charge is -2.24. The van der Waals surface area contributed by atoms with Gasteiger partial charge in [-0.3, -0.25) is 0 Å². The van der Waals surface area contributed by atoms with Gasteiger partial charge in [-0.15, -0.1) is 0 Å². The lowest BCUT2D eigenvalue weighted by Crippen LogP contribution is -2.31. The predicted octanol–water partition coefficient (Wildman–Crippen LogP) is 2.56. The summed E-state index contributed by atoms with van der Waals surface area (Å²) in [5.41, 5.74) is 0.255. The van der Waals surface area contributed by atoms with Crippen molar-refractivity contribution < 1.29 is 0 Å². The Morgan fingerprint density at radius 1 is 1.38 bits per heavy atom. The van der Waals surface area contributed by atoms with E-state index in [0.29, 0.717) is 12.3 Å². The van der Waals surface area contributed by atoms with Crippen molar-refractivity contribution in [2.24, 2.45) is 11.3 Å². The van der Waals surface area contributed by atoms with Crippen LogP contribution < -0.4 is 5.32 Å². The van der Waals surface area contributed by atoms with E-state index >= 15 is 0 Å². The van der Waals surface area contributed by atoms with E-state index in [1.54, 1.807) is 0 Å². The maximum absolute atomic E-state index is 8.47. The Morgan fingerprint density at radius 2 is 2.00 bits per heavy atom. The fraction of sp³-hybridized carbons (Fsp3) is 0.909. The topological polar surface area (TPSA) is 35.8 Å². The van der Waals surface area contributed by atoms with Crippen molar-refractivity contribution in [3.05, 3.63) is 0 Å². The number of nitriles is 1. The van der Waals surface area contributed by atoms with Gasteiger partial charge in [-0.1, -0.05) is 27.7 Å². The summed E-state index contributed by atoms with van der Waals surface area (Å²) >= 11 is 0. The molecule has 0 unspecified atom stereocenters. The van der Waals surface area contributed by atoms with Crippen molar-refractivity contribution in [2.45, 2.75) is 40.5 Å². The van der Waals surface area contributed by atoms with E-state index in [1.807, 2.05) is 0 Å². The number of rotatable bonds is 6. The summed E-state index contributed by atoms with van der Waals surface area (Å²) in [5.74, 6) is 0.701. The molecule has 0 spiro atoms. The lowest BCUT2D eigenvalue weighted by atomic mass is 9.88. The molecule has 0 aliphatic heterocycles. The average Bonchev–Trinajstić information content (AvgIpc) is 2.00. The fourth-order valence-electron chi connectivity index (χ4n) is 1.18. The van der Waals surface area contributed by atoms with Crippen LogP contribution in [0.1, 0.15) is 40.5 Å². The second-order valence-corrected chi connectivity index (χ2v) is 4.85. The Hall–Kier alpha value is -0.550. The molecule has 0 heterocycles. The Kier molecular flexibility index (Phi) is 5.73. The van der Waals surface area contributed by atoms with Gasteiger partial charge in [0, 0.05) is 13.0 Å². The van der Waals surface area contributed by atoms with Crippen LogP contribution in [0.2, 0.25) is 0 Å². The van der Waals surface area contributed by atoms with Crippen molar-refractivity contribution in [3.8, 4) is 6.07 Å². The first-order valence-electron chi connectivity index (χ1n) is 5.05. The molecule has 76 valence electrons. The normalized spacial score (nSPS) is 11.7. The lowest BCUT2D eigenvalue weighted by molar-refractivity contribution is 0.312. The van der Waals surface area contributed by atoms with Crippen molar-refractivity contribution >= 4 is 0 Å². The minimum atomic E-state index is 0.255. The molecule has 0 rings (SSSR count). The molecule has 0 aromatic carbocycles. The second-order valence-electron chi connectivity index (χ2n) is 4.85. The molecule has 0 aromatic heterocycles. The molecule has 2 heteroatoms. The summed E-state index contributed by atoms with van der Waals surface area (Å²) in [4.78, 5) is 0. The molecule has 0 radical (unpaired) electrons. The molecular formula is C11H22N2. The molecule has 0 fully saturated rings. The van der Waals surface area contributed by atoms with Gasteiger partial charge in [0.1, 0.15) is 0 Å². The Labute approximate surface area is 82.3 Å². The third-order valence-electron chi connectivity index (χ3n) is 2.07. The molecule has 0 saturated carbocycles. The highest BCUT2D eigenvalue weighted by Crippen LogP contribution is 2.20. The minimum absolute atomic E-state index is 0.255. The van der Waals surface area contributed by atoms with Crippen LogP contribution in [0.3, 0.4) is 0 Å². The van der Waals surface area contributed by atoms with E-state index < -0.39 is 0 Å². The van der Waals surface area contributed by atoms with Crippen molar-refractivity contribution in [2.75, 3.05) is 13.1 Å². The van der Waals surface area contributed by atoms with Crippen LogP contribution in [0.4, 0.5) is 0 Å². The van der Waals surface area contributed by atoms with Gasteiger partial charge < -0.3 is 5.32 Å². The number of nitrogens with zero attached hydrogens (tertiary/aromatic N) is 1. The van der Waals surface area contributed by atoms with Gasteiger partial charge in [0.15, 0.2) is 0 Å². The maximum atomic E-state index is 8.47. The zero-order valence-corrected chi connectivity index (χ0v) is 9.35. The third kappa shape index (κ3) is 7.80. The number of hydrogen-bond donors (Lipinski definition) is 1. The van der Waals surface area contributed by atoms with Gasteiger partial charge in [0.25, 0.3) is 0 Å². The van der Waals surface area contributed by atoms with E-state index in [0.717, 1.165) is 19.5 Å². The summed E-state index contributed by atoms with van der Waals surface area (Å²) in [6.07, 6.45) is 1.64. The molecule has 1 N–H and O–H groups in total. The molecule has 0 aliphatic rings. The minimum Gasteiger partial charge on any atom is -0.316 e. The summed E-state index contributed by atoms with van der Waals surface area (Å²) < 4.78 is 0. The largest absolute Gasteiger partial charge is 0.316 e. The fourth-order valence-corrected chi connectivity index (χ4v) is 1.18. The van der Waals surface area contributed by atoms with Crippen LogP contribution in [0.5, 0.6) is 0 Å². The molecule has 0 amide bonds. The summed E-state index contributed by atoms with van der Waals surface area (Å²) in [6.45, 7) is 10.9. The number of hydrogen-bond acceptors (Lipinski definition) is 2. The van der Waals surface area contributed by atoms with Gasteiger partial charge in [-0.2, -0.15) is 5.26 Å².